The molecule has 0 amide bonds. The Morgan fingerprint density at radius 1 is 1.12 bits per heavy atom. The first-order valence-electron chi connectivity index (χ1n) is 7.63. The maximum atomic E-state index is 9.99. The summed E-state index contributed by atoms with van der Waals surface area (Å²) in [5.74, 6) is 0.426. The van der Waals surface area contributed by atoms with Crippen LogP contribution in [0.15, 0.2) is 64.3 Å². The lowest BCUT2D eigenvalue weighted by Crippen LogP contribution is -1.84. The number of hydrogen-bond acceptors (Lipinski definition) is 5. The predicted molar refractivity (Wildman–Crippen MR) is 103 cm³/mol. The highest BCUT2D eigenvalue weighted by Crippen LogP contribution is 2.31. The number of pyridine rings is 1. The molecular formula is C19H11Cl2N3O2. The third kappa shape index (κ3) is 3.27. The van der Waals surface area contributed by atoms with Gasteiger partial charge in [0.05, 0.1) is 16.3 Å². The van der Waals surface area contributed by atoms with E-state index in [0.717, 1.165) is 5.56 Å². The molecule has 0 aliphatic heterocycles. The van der Waals surface area contributed by atoms with Crippen molar-refractivity contribution in [2.45, 2.75) is 0 Å². The average Bonchev–Trinajstić information content (AvgIpc) is 3.07. The van der Waals surface area contributed by atoms with Crippen molar-refractivity contribution < 1.29 is 9.52 Å². The zero-order valence-corrected chi connectivity index (χ0v) is 14.7. The highest BCUT2D eigenvalue weighted by Gasteiger charge is 2.09. The fourth-order valence-corrected chi connectivity index (χ4v) is 2.95. The Hall–Kier alpha value is -2.89. The van der Waals surface area contributed by atoms with Gasteiger partial charge in [0, 0.05) is 29.2 Å². The molecule has 0 atom stereocenters. The van der Waals surface area contributed by atoms with Gasteiger partial charge in [-0.3, -0.25) is 9.98 Å². The lowest BCUT2D eigenvalue weighted by atomic mass is 10.2. The Morgan fingerprint density at radius 2 is 2.00 bits per heavy atom. The van der Waals surface area contributed by atoms with Gasteiger partial charge < -0.3 is 9.52 Å². The number of phenols is 1. The minimum Gasteiger partial charge on any atom is -0.506 e. The van der Waals surface area contributed by atoms with E-state index in [0.29, 0.717) is 33.3 Å². The quantitative estimate of drug-likeness (QED) is 0.463. The first-order valence-corrected chi connectivity index (χ1v) is 8.39. The van der Waals surface area contributed by atoms with E-state index >= 15 is 0 Å². The number of benzene rings is 2. The highest BCUT2D eigenvalue weighted by molar-refractivity contribution is 6.36. The van der Waals surface area contributed by atoms with E-state index in [-0.39, 0.29) is 10.8 Å². The van der Waals surface area contributed by atoms with Crippen LogP contribution in [0.2, 0.25) is 10.0 Å². The Kier molecular flexibility index (Phi) is 4.32. The molecular weight excluding hydrogens is 373 g/mol. The Morgan fingerprint density at radius 3 is 2.81 bits per heavy atom. The largest absolute Gasteiger partial charge is 0.506 e. The van der Waals surface area contributed by atoms with Gasteiger partial charge in [-0.1, -0.05) is 23.2 Å². The van der Waals surface area contributed by atoms with E-state index in [1.54, 1.807) is 36.7 Å². The van der Waals surface area contributed by atoms with Gasteiger partial charge in [-0.25, -0.2) is 4.98 Å². The molecule has 1 N–H and O–H groups in total. The summed E-state index contributed by atoms with van der Waals surface area (Å²) in [6.07, 6.45) is 4.88. The number of aromatic nitrogens is 2. The molecule has 0 fully saturated rings. The fourth-order valence-electron chi connectivity index (χ4n) is 2.44. The summed E-state index contributed by atoms with van der Waals surface area (Å²) >= 11 is 11.9. The molecule has 4 rings (SSSR count). The van der Waals surface area contributed by atoms with Crippen molar-refractivity contribution in [3.8, 4) is 17.2 Å². The van der Waals surface area contributed by atoms with Crippen LogP contribution in [0, 0.1) is 0 Å². The molecule has 0 radical (unpaired) electrons. The second-order valence-electron chi connectivity index (χ2n) is 5.50. The van der Waals surface area contributed by atoms with Crippen LogP contribution in [-0.4, -0.2) is 21.3 Å². The van der Waals surface area contributed by atoms with E-state index in [4.69, 9.17) is 27.6 Å². The Labute approximate surface area is 158 Å². The lowest BCUT2D eigenvalue weighted by molar-refractivity contribution is 0.475. The first kappa shape index (κ1) is 16.6. The van der Waals surface area contributed by atoms with Gasteiger partial charge in [0.15, 0.2) is 5.58 Å². The summed E-state index contributed by atoms with van der Waals surface area (Å²) in [4.78, 5) is 12.9. The smallest absolute Gasteiger partial charge is 0.228 e. The Balaban J connectivity index is 1.68. The molecule has 5 nitrogen and oxygen atoms in total. The van der Waals surface area contributed by atoms with Crippen LogP contribution in [-0.2, 0) is 0 Å². The molecule has 4 aromatic rings. The van der Waals surface area contributed by atoms with Crippen LogP contribution < -0.4 is 0 Å². The van der Waals surface area contributed by atoms with E-state index in [9.17, 15) is 5.11 Å². The number of nitrogens with zero attached hydrogens (tertiary/aromatic N) is 3. The summed E-state index contributed by atoms with van der Waals surface area (Å²) in [6, 6.07) is 12.1. The summed E-state index contributed by atoms with van der Waals surface area (Å²) in [5.41, 5.74) is 3.20. The minimum atomic E-state index is -0.0683. The maximum absolute atomic E-state index is 9.99. The van der Waals surface area contributed by atoms with Crippen LogP contribution in [0.25, 0.3) is 22.6 Å². The molecule has 0 aliphatic carbocycles. The molecule has 7 heteroatoms. The van der Waals surface area contributed by atoms with E-state index < -0.39 is 0 Å². The highest BCUT2D eigenvalue weighted by atomic mass is 35.5. The molecule has 128 valence electrons. The van der Waals surface area contributed by atoms with Crippen LogP contribution in [0.5, 0.6) is 5.75 Å². The molecule has 2 aromatic carbocycles. The normalized spacial score (nSPS) is 11.5. The van der Waals surface area contributed by atoms with Gasteiger partial charge in [0.25, 0.3) is 0 Å². The zero-order chi connectivity index (χ0) is 18.1. The van der Waals surface area contributed by atoms with Gasteiger partial charge in [-0.05, 0) is 42.5 Å². The number of hydrogen-bond donors (Lipinski definition) is 1. The standard InChI is InChI=1S/C19H11Cl2N3O2/c20-13-6-12(18(25)15(21)7-13)10-23-14-3-4-17-16(8-14)24-19(26-17)11-2-1-5-22-9-11/h1-10,25H. The van der Waals surface area contributed by atoms with E-state index in [1.807, 2.05) is 12.1 Å². The summed E-state index contributed by atoms with van der Waals surface area (Å²) in [6.45, 7) is 0. The number of rotatable bonds is 3. The molecule has 0 unspecified atom stereocenters. The van der Waals surface area contributed by atoms with Crippen molar-refractivity contribution in [1.29, 1.82) is 0 Å². The van der Waals surface area contributed by atoms with Crippen LogP contribution >= 0.6 is 23.2 Å². The van der Waals surface area contributed by atoms with Crippen molar-refractivity contribution >= 4 is 46.2 Å². The molecule has 2 aromatic heterocycles. The summed E-state index contributed by atoms with van der Waals surface area (Å²) < 4.78 is 5.74. The SMILES string of the molecule is Oc1c(Cl)cc(Cl)cc1C=Nc1ccc2oc(-c3cccnc3)nc2c1. The molecule has 26 heavy (non-hydrogen) atoms. The van der Waals surface area contributed by atoms with Crippen molar-refractivity contribution in [3.05, 3.63) is 70.5 Å². The molecule has 0 spiro atoms. The summed E-state index contributed by atoms with van der Waals surface area (Å²) in [5, 5.41) is 10.6. The number of aliphatic imine (C=N–C) groups is 1. The van der Waals surface area contributed by atoms with Crippen LogP contribution in [0.3, 0.4) is 0 Å². The van der Waals surface area contributed by atoms with Gasteiger partial charge >= 0.3 is 0 Å². The van der Waals surface area contributed by atoms with Crippen molar-refractivity contribution in [2.75, 3.05) is 0 Å². The Bertz CT molecular complexity index is 1120. The van der Waals surface area contributed by atoms with Crippen LogP contribution in [0.4, 0.5) is 5.69 Å². The topological polar surface area (TPSA) is 71.5 Å². The van der Waals surface area contributed by atoms with Crippen LogP contribution in [0.1, 0.15) is 5.56 Å². The monoisotopic (exact) mass is 383 g/mol. The number of halogens is 2. The number of aromatic hydroxyl groups is 1. The average molecular weight is 384 g/mol. The fraction of sp³-hybridized carbons (Fsp3) is 0. The van der Waals surface area contributed by atoms with E-state index in [1.165, 1.54) is 12.3 Å². The van der Waals surface area contributed by atoms with E-state index in [2.05, 4.69) is 15.0 Å². The van der Waals surface area contributed by atoms with Gasteiger partial charge in [-0.15, -0.1) is 0 Å². The third-order valence-corrected chi connectivity index (χ3v) is 4.20. The summed E-state index contributed by atoms with van der Waals surface area (Å²) in [7, 11) is 0. The molecule has 0 aliphatic rings. The molecule has 2 heterocycles. The molecule has 0 saturated carbocycles. The number of oxazole rings is 1. The zero-order valence-electron chi connectivity index (χ0n) is 13.2. The minimum absolute atomic E-state index is 0.0683. The van der Waals surface area contributed by atoms with Crippen molar-refractivity contribution in [1.82, 2.24) is 9.97 Å². The first-order chi connectivity index (χ1) is 12.6. The van der Waals surface area contributed by atoms with Crippen molar-refractivity contribution in [3.63, 3.8) is 0 Å². The lowest BCUT2D eigenvalue weighted by Gasteiger charge is -2.02. The van der Waals surface area contributed by atoms with Crippen molar-refractivity contribution in [2.24, 2.45) is 4.99 Å². The molecule has 0 bridgehead atoms. The second-order valence-corrected chi connectivity index (χ2v) is 6.34. The number of phenolic OH excluding ortho intramolecular Hbond substituents is 1. The molecule has 0 saturated heterocycles. The van der Waals surface area contributed by atoms with Gasteiger partial charge in [0.2, 0.25) is 5.89 Å². The van der Waals surface area contributed by atoms with Gasteiger partial charge in [-0.2, -0.15) is 0 Å². The number of fused-ring (bicyclic) bond motifs is 1. The second kappa shape index (κ2) is 6.78. The maximum Gasteiger partial charge on any atom is 0.228 e. The third-order valence-electron chi connectivity index (χ3n) is 3.69. The predicted octanol–water partition coefficient (Wildman–Crippen LogP) is 5.65. The van der Waals surface area contributed by atoms with Gasteiger partial charge in [0.1, 0.15) is 11.3 Å².